The van der Waals surface area contributed by atoms with E-state index in [4.69, 9.17) is 22.1 Å². The highest BCUT2D eigenvalue weighted by atomic mass is 35.5. The van der Waals surface area contributed by atoms with Crippen molar-refractivity contribution < 1.29 is 22.7 Å². The Kier molecular flexibility index (Phi) is 5.99. The Morgan fingerprint density at radius 3 is 2.73 bits per heavy atom. The van der Waals surface area contributed by atoms with Crippen LogP contribution in [-0.2, 0) is 6.18 Å². The highest BCUT2D eigenvalue weighted by Gasteiger charge is 2.33. The van der Waals surface area contributed by atoms with Crippen LogP contribution in [0.5, 0.6) is 5.75 Å². The van der Waals surface area contributed by atoms with E-state index in [1.54, 1.807) is 19.0 Å². The maximum Gasteiger partial charge on any atom is 0.433 e. The summed E-state index contributed by atoms with van der Waals surface area (Å²) in [6.45, 7) is 0.541. The van der Waals surface area contributed by atoms with E-state index in [0.29, 0.717) is 6.54 Å². The predicted molar refractivity (Wildman–Crippen MR) is 104 cm³/mol. The minimum absolute atomic E-state index is 0.0560. The predicted octanol–water partition coefficient (Wildman–Crippen LogP) is 2.57. The Balaban J connectivity index is 1.93. The van der Waals surface area contributed by atoms with Crippen molar-refractivity contribution in [2.45, 2.75) is 6.18 Å². The summed E-state index contributed by atoms with van der Waals surface area (Å²) in [6, 6.07) is 0.725. The van der Waals surface area contributed by atoms with Crippen LogP contribution in [0.15, 0.2) is 24.7 Å². The molecule has 0 aromatic carbocycles. The Morgan fingerprint density at radius 1 is 1.33 bits per heavy atom. The molecule has 0 spiro atoms. The summed E-state index contributed by atoms with van der Waals surface area (Å²) in [5.41, 5.74) is 4.68. The average Bonchev–Trinajstić information content (AvgIpc) is 2.96. The number of amides is 1. The molecule has 13 heteroatoms. The monoisotopic (exact) mass is 443 g/mol. The Labute approximate surface area is 173 Å². The third-order valence-electron chi connectivity index (χ3n) is 3.90. The molecule has 160 valence electrons. The fraction of sp³-hybridized carbons (Fsp3) is 0.294. The number of anilines is 2. The molecular formula is C17H17ClF3N7O2. The average molecular weight is 444 g/mol. The van der Waals surface area contributed by atoms with E-state index in [1.807, 2.05) is 0 Å². The Hall–Kier alpha value is -3.12. The van der Waals surface area contributed by atoms with Gasteiger partial charge in [-0.25, -0.2) is 14.5 Å². The van der Waals surface area contributed by atoms with Gasteiger partial charge in [-0.15, -0.1) is 5.10 Å². The first kappa shape index (κ1) is 21.6. The summed E-state index contributed by atoms with van der Waals surface area (Å²) in [5, 5.41) is 6.70. The van der Waals surface area contributed by atoms with Gasteiger partial charge in [-0.05, 0) is 14.1 Å². The highest BCUT2D eigenvalue weighted by molar-refractivity contribution is 6.30. The lowest BCUT2D eigenvalue weighted by Gasteiger charge is -2.16. The first-order valence-electron chi connectivity index (χ1n) is 8.51. The van der Waals surface area contributed by atoms with E-state index in [2.05, 4.69) is 20.4 Å². The van der Waals surface area contributed by atoms with Crippen LogP contribution in [0.3, 0.4) is 0 Å². The SMILES string of the molecule is CN(C)CCOc1cc(C(F)(F)F)ncc1NC(=O)c1c(N)nn2cc(Cl)cnc12. The number of hydrogen-bond acceptors (Lipinski definition) is 7. The van der Waals surface area contributed by atoms with Gasteiger partial charge in [0.15, 0.2) is 11.5 Å². The molecular weight excluding hydrogens is 427 g/mol. The minimum Gasteiger partial charge on any atom is -0.490 e. The lowest BCUT2D eigenvalue weighted by atomic mass is 10.2. The van der Waals surface area contributed by atoms with E-state index in [-0.39, 0.29) is 40.1 Å². The molecule has 0 fully saturated rings. The molecule has 0 aliphatic heterocycles. The number of nitrogens with zero attached hydrogens (tertiary/aromatic N) is 5. The normalized spacial score (nSPS) is 11.8. The van der Waals surface area contributed by atoms with Gasteiger partial charge >= 0.3 is 6.18 Å². The quantitative estimate of drug-likeness (QED) is 0.602. The van der Waals surface area contributed by atoms with Crippen LogP contribution in [-0.4, -0.2) is 57.6 Å². The standard InChI is InChI=1S/C17H17ClF3N7O2/c1-27(2)3-4-30-11-5-12(17(19,20)21)23-7-10(11)25-16(29)13-14(22)26-28-8-9(18)6-24-15(13)28/h5-8H,3-4H2,1-2H3,(H2,22,26)(H,25,29). The van der Waals surface area contributed by atoms with Crippen molar-refractivity contribution in [3.63, 3.8) is 0 Å². The second-order valence-electron chi connectivity index (χ2n) is 6.47. The van der Waals surface area contributed by atoms with E-state index in [9.17, 15) is 18.0 Å². The summed E-state index contributed by atoms with van der Waals surface area (Å²) in [7, 11) is 3.57. The summed E-state index contributed by atoms with van der Waals surface area (Å²) in [4.78, 5) is 22.0. The number of hydrogen-bond donors (Lipinski definition) is 2. The third-order valence-corrected chi connectivity index (χ3v) is 4.09. The smallest absolute Gasteiger partial charge is 0.433 e. The van der Waals surface area contributed by atoms with Crippen molar-refractivity contribution in [1.29, 1.82) is 0 Å². The Morgan fingerprint density at radius 2 is 2.07 bits per heavy atom. The van der Waals surface area contributed by atoms with Crippen molar-refractivity contribution in [3.8, 4) is 5.75 Å². The minimum atomic E-state index is -4.67. The number of ether oxygens (including phenoxy) is 1. The van der Waals surface area contributed by atoms with Crippen LogP contribution in [0.4, 0.5) is 24.7 Å². The van der Waals surface area contributed by atoms with Gasteiger partial charge in [0.1, 0.15) is 29.3 Å². The molecule has 1 amide bonds. The summed E-state index contributed by atoms with van der Waals surface area (Å²) in [5.74, 6) is -1.05. The van der Waals surface area contributed by atoms with Gasteiger partial charge in [0, 0.05) is 18.8 Å². The van der Waals surface area contributed by atoms with Crippen LogP contribution in [0, 0.1) is 0 Å². The van der Waals surface area contributed by atoms with Gasteiger partial charge in [0.2, 0.25) is 0 Å². The number of carbonyl (C=O) groups excluding carboxylic acids is 1. The zero-order valence-electron chi connectivity index (χ0n) is 15.9. The second-order valence-corrected chi connectivity index (χ2v) is 6.91. The third kappa shape index (κ3) is 4.71. The van der Waals surface area contributed by atoms with Crippen LogP contribution < -0.4 is 15.8 Å². The Bertz CT molecular complexity index is 1090. The summed E-state index contributed by atoms with van der Waals surface area (Å²) >= 11 is 5.85. The first-order chi connectivity index (χ1) is 14.1. The van der Waals surface area contributed by atoms with Gasteiger partial charge in [-0.1, -0.05) is 11.6 Å². The molecule has 3 heterocycles. The molecule has 0 saturated heterocycles. The summed E-state index contributed by atoms with van der Waals surface area (Å²) < 4.78 is 45.8. The molecule has 0 radical (unpaired) electrons. The number of nitrogens with two attached hydrogens (primary N) is 1. The lowest BCUT2D eigenvalue weighted by Crippen LogP contribution is -2.21. The fourth-order valence-corrected chi connectivity index (χ4v) is 2.62. The van der Waals surface area contributed by atoms with Crippen molar-refractivity contribution in [2.24, 2.45) is 0 Å². The zero-order chi connectivity index (χ0) is 22.1. The molecule has 3 aromatic heterocycles. The van der Waals surface area contributed by atoms with Gasteiger partial charge in [-0.2, -0.15) is 13.2 Å². The topological polar surface area (TPSA) is 111 Å². The van der Waals surface area contributed by atoms with E-state index in [1.165, 1.54) is 16.9 Å². The zero-order valence-corrected chi connectivity index (χ0v) is 16.6. The van der Waals surface area contributed by atoms with Crippen molar-refractivity contribution in [2.75, 3.05) is 38.3 Å². The molecule has 3 N–H and O–H groups in total. The number of halogens is 4. The summed E-state index contributed by atoms with van der Waals surface area (Å²) in [6.07, 6.45) is -1.08. The van der Waals surface area contributed by atoms with Crippen LogP contribution in [0.25, 0.3) is 5.65 Å². The molecule has 0 saturated carbocycles. The van der Waals surface area contributed by atoms with Gasteiger partial charge < -0.3 is 20.7 Å². The molecule has 30 heavy (non-hydrogen) atoms. The van der Waals surface area contributed by atoms with Crippen LogP contribution >= 0.6 is 11.6 Å². The molecule has 0 aliphatic carbocycles. The van der Waals surface area contributed by atoms with Crippen molar-refractivity contribution >= 4 is 34.7 Å². The van der Waals surface area contributed by atoms with E-state index < -0.39 is 17.8 Å². The number of nitrogens with one attached hydrogen (secondary N) is 1. The van der Waals surface area contributed by atoms with Gasteiger partial charge in [0.05, 0.1) is 17.4 Å². The number of alkyl halides is 3. The van der Waals surface area contributed by atoms with E-state index in [0.717, 1.165) is 12.3 Å². The number of aromatic nitrogens is 4. The molecule has 0 bridgehead atoms. The lowest BCUT2D eigenvalue weighted by molar-refractivity contribution is -0.141. The molecule has 3 aromatic rings. The maximum absolute atomic E-state index is 13.0. The van der Waals surface area contributed by atoms with Crippen LogP contribution in [0.1, 0.15) is 16.1 Å². The van der Waals surface area contributed by atoms with Crippen molar-refractivity contribution in [1.82, 2.24) is 24.5 Å². The molecule has 0 atom stereocenters. The van der Waals surface area contributed by atoms with Crippen LogP contribution in [0.2, 0.25) is 5.02 Å². The van der Waals surface area contributed by atoms with Gasteiger partial charge in [0.25, 0.3) is 5.91 Å². The molecule has 0 unspecified atom stereocenters. The van der Waals surface area contributed by atoms with E-state index >= 15 is 0 Å². The fourth-order valence-electron chi connectivity index (χ4n) is 2.48. The number of nitrogen functional groups attached to an aromatic ring is 1. The molecule has 9 nitrogen and oxygen atoms in total. The molecule has 0 aliphatic rings. The molecule has 3 rings (SSSR count). The highest BCUT2D eigenvalue weighted by Crippen LogP contribution is 2.34. The number of pyridine rings is 1. The largest absolute Gasteiger partial charge is 0.490 e. The van der Waals surface area contributed by atoms with Crippen molar-refractivity contribution in [3.05, 3.63) is 40.9 Å². The first-order valence-corrected chi connectivity index (χ1v) is 8.89. The second kappa shape index (κ2) is 8.32. The van der Waals surface area contributed by atoms with Gasteiger partial charge in [-0.3, -0.25) is 4.79 Å². The maximum atomic E-state index is 13.0. The number of rotatable bonds is 6. The number of carbonyl (C=O) groups is 1. The number of fused-ring (bicyclic) bond motifs is 1. The number of likely N-dealkylation sites (N-methyl/N-ethyl adjacent to an activating group) is 1.